The van der Waals surface area contributed by atoms with E-state index in [0.717, 1.165) is 6.08 Å². The normalized spacial score (nSPS) is 30.7. The zero-order valence-electron chi connectivity index (χ0n) is 6.88. The summed E-state index contributed by atoms with van der Waals surface area (Å²) in [5, 5.41) is 0. The van der Waals surface area contributed by atoms with Gasteiger partial charge in [0.15, 0.2) is 0 Å². The molecule has 1 unspecified atom stereocenters. The van der Waals surface area contributed by atoms with E-state index in [1.807, 2.05) is 0 Å². The zero-order chi connectivity index (χ0) is 9.35. The molecule has 0 bridgehead atoms. The minimum atomic E-state index is -1.72. The summed E-state index contributed by atoms with van der Waals surface area (Å²) in [5.41, 5.74) is -0.343. The predicted octanol–water partition coefficient (Wildman–Crippen LogP) is 1.96. The summed E-state index contributed by atoms with van der Waals surface area (Å²) in [5.74, 6) is -0.340. The maximum absolute atomic E-state index is 11.8. The van der Waals surface area contributed by atoms with Gasteiger partial charge >= 0.3 is 0 Å². The van der Waals surface area contributed by atoms with E-state index < -0.39 is 12.2 Å². The Balaban J connectivity index is 2.60. The first-order valence-electron chi connectivity index (χ1n) is 3.62. The molecule has 0 aromatic rings. The van der Waals surface area contributed by atoms with Gasteiger partial charge in [-0.05, 0) is 6.08 Å². The second kappa shape index (κ2) is 2.84. The van der Waals surface area contributed by atoms with Gasteiger partial charge in [0.25, 0.3) is 12.6 Å². The van der Waals surface area contributed by atoms with E-state index in [9.17, 15) is 13.6 Å². The van der Waals surface area contributed by atoms with E-state index in [4.69, 9.17) is 0 Å². The van der Waals surface area contributed by atoms with Gasteiger partial charge < -0.3 is 4.74 Å². The number of ether oxygens (including phenoxy) is 1. The van der Waals surface area contributed by atoms with Crippen LogP contribution in [0.5, 0.6) is 0 Å². The van der Waals surface area contributed by atoms with Crippen LogP contribution in [0.25, 0.3) is 0 Å². The Morgan fingerprint density at radius 3 is 2.50 bits per heavy atom. The summed E-state index contributed by atoms with van der Waals surface area (Å²) >= 11 is 0. The molecule has 2 nitrogen and oxygen atoms in total. The van der Waals surface area contributed by atoms with Crippen molar-refractivity contribution in [1.82, 2.24) is 0 Å². The molecule has 0 heterocycles. The summed E-state index contributed by atoms with van der Waals surface area (Å²) in [7, 11) is 0. The number of hydrogen-bond acceptors (Lipinski definition) is 2. The summed E-state index contributed by atoms with van der Waals surface area (Å²) in [6.07, 6.45) is -1.27. The second-order valence-electron chi connectivity index (χ2n) is 3.46. The molecule has 0 spiro atoms. The van der Waals surface area contributed by atoms with Crippen LogP contribution in [0.4, 0.5) is 8.78 Å². The van der Waals surface area contributed by atoms with Gasteiger partial charge in [0, 0.05) is 11.3 Å². The van der Waals surface area contributed by atoms with Crippen LogP contribution < -0.4 is 0 Å². The monoisotopic (exact) mass is 176 g/mol. The highest BCUT2D eigenvalue weighted by molar-refractivity contribution is 5.40. The molecule has 0 radical (unpaired) electrons. The van der Waals surface area contributed by atoms with Crippen molar-refractivity contribution < 1.29 is 18.3 Å². The van der Waals surface area contributed by atoms with E-state index in [0.29, 0.717) is 6.47 Å². The van der Waals surface area contributed by atoms with Gasteiger partial charge in [-0.25, -0.2) is 0 Å². The van der Waals surface area contributed by atoms with Crippen LogP contribution >= 0.6 is 0 Å². The van der Waals surface area contributed by atoms with Crippen molar-refractivity contribution >= 4 is 6.47 Å². The molecule has 1 fully saturated rings. The van der Waals surface area contributed by atoms with Crippen LogP contribution in [-0.2, 0) is 9.53 Å². The van der Waals surface area contributed by atoms with Crippen molar-refractivity contribution in [2.24, 2.45) is 11.3 Å². The maximum Gasteiger partial charge on any atom is 0.293 e. The topological polar surface area (TPSA) is 26.3 Å². The Bertz CT molecular complexity index is 219. The third-order valence-electron chi connectivity index (χ3n) is 2.32. The van der Waals surface area contributed by atoms with Crippen LogP contribution in [0, 0.1) is 11.3 Å². The van der Waals surface area contributed by atoms with Crippen molar-refractivity contribution in [2.45, 2.75) is 20.0 Å². The molecule has 4 heteroatoms. The van der Waals surface area contributed by atoms with Crippen LogP contribution in [-0.4, -0.2) is 12.6 Å². The molecule has 2 atom stereocenters. The first-order valence-corrected chi connectivity index (χ1v) is 3.62. The van der Waals surface area contributed by atoms with Crippen LogP contribution in [0.1, 0.15) is 13.8 Å². The first-order chi connectivity index (χ1) is 5.50. The maximum atomic E-state index is 11.8. The summed E-state index contributed by atoms with van der Waals surface area (Å²) in [6, 6.07) is 0. The highest BCUT2D eigenvalue weighted by Crippen LogP contribution is 2.55. The smallest absolute Gasteiger partial charge is 0.293 e. The molecule has 1 saturated carbocycles. The van der Waals surface area contributed by atoms with Crippen molar-refractivity contribution in [3.05, 3.63) is 12.2 Å². The average molecular weight is 176 g/mol. The van der Waals surface area contributed by atoms with Gasteiger partial charge in [-0.1, -0.05) is 13.8 Å². The number of halogens is 2. The summed E-state index contributed by atoms with van der Waals surface area (Å²) < 4.78 is 28.2. The molecular formula is C8H10F2O2. The van der Waals surface area contributed by atoms with E-state index in [-0.39, 0.29) is 11.3 Å². The van der Waals surface area contributed by atoms with Crippen molar-refractivity contribution in [3.63, 3.8) is 0 Å². The number of carbonyl (C=O) groups is 1. The van der Waals surface area contributed by atoms with E-state index >= 15 is 0 Å². The Kier molecular flexibility index (Phi) is 2.17. The van der Waals surface area contributed by atoms with Gasteiger partial charge in [0.2, 0.25) is 0 Å². The molecule has 1 rings (SSSR count). The van der Waals surface area contributed by atoms with E-state index in [2.05, 4.69) is 4.74 Å². The molecule has 0 saturated heterocycles. The molecule has 1 aliphatic carbocycles. The van der Waals surface area contributed by atoms with Gasteiger partial charge in [-0.2, -0.15) is 8.78 Å². The van der Waals surface area contributed by atoms with Crippen LogP contribution in [0.2, 0.25) is 0 Å². The fourth-order valence-corrected chi connectivity index (χ4v) is 1.39. The molecule has 0 aliphatic heterocycles. The molecule has 0 aromatic heterocycles. The van der Waals surface area contributed by atoms with Gasteiger partial charge in [-0.3, -0.25) is 4.79 Å². The van der Waals surface area contributed by atoms with E-state index in [1.165, 1.54) is 0 Å². The standard InChI is InChI=1S/C8H10F2O2/c1-8(2)5(3-6(9)10)7(8)12-4-11/h3-5,7H,1-2H3/t5?,7-/m1/s1. The minimum Gasteiger partial charge on any atom is -0.463 e. The second-order valence-corrected chi connectivity index (χ2v) is 3.46. The molecule has 0 N–H and O–H groups in total. The molecule has 12 heavy (non-hydrogen) atoms. The lowest BCUT2D eigenvalue weighted by Crippen LogP contribution is -1.98. The molecule has 1 aliphatic rings. The average Bonchev–Trinajstić information content (AvgIpc) is 2.39. The molecule has 0 aromatic carbocycles. The molecule has 0 amide bonds. The van der Waals surface area contributed by atoms with Crippen LogP contribution in [0.3, 0.4) is 0 Å². The number of rotatable bonds is 3. The van der Waals surface area contributed by atoms with Crippen molar-refractivity contribution in [2.75, 3.05) is 0 Å². The fourth-order valence-electron chi connectivity index (χ4n) is 1.39. The third-order valence-corrected chi connectivity index (χ3v) is 2.32. The summed E-state index contributed by atoms with van der Waals surface area (Å²) in [6.45, 7) is 3.87. The molecule has 68 valence electrons. The largest absolute Gasteiger partial charge is 0.463 e. The van der Waals surface area contributed by atoms with Crippen LogP contribution in [0.15, 0.2) is 12.2 Å². The predicted molar refractivity (Wildman–Crippen MR) is 38.5 cm³/mol. The lowest BCUT2D eigenvalue weighted by molar-refractivity contribution is -0.131. The number of hydrogen-bond donors (Lipinski definition) is 0. The minimum absolute atomic E-state index is 0.302. The summed E-state index contributed by atoms with van der Waals surface area (Å²) in [4.78, 5) is 9.94. The third kappa shape index (κ3) is 1.47. The van der Waals surface area contributed by atoms with Crippen molar-refractivity contribution in [1.29, 1.82) is 0 Å². The zero-order valence-corrected chi connectivity index (χ0v) is 6.88. The van der Waals surface area contributed by atoms with Gasteiger partial charge in [0.05, 0.1) is 0 Å². The lowest BCUT2D eigenvalue weighted by Gasteiger charge is -1.97. The highest BCUT2D eigenvalue weighted by atomic mass is 19.3. The van der Waals surface area contributed by atoms with Crippen molar-refractivity contribution in [3.8, 4) is 0 Å². The molecular weight excluding hydrogens is 166 g/mol. The first kappa shape index (κ1) is 9.16. The van der Waals surface area contributed by atoms with Gasteiger partial charge in [0.1, 0.15) is 6.10 Å². The quantitative estimate of drug-likeness (QED) is 0.614. The Morgan fingerprint density at radius 2 is 2.08 bits per heavy atom. The fraction of sp³-hybridized carbons (Fsp3) is 0.625. The van der Waals surface area contributed by atoms with E-state index in [1.54, 1.807) is 13.8 Å². The Morgan fingerprint density at radius 1 is 1.50 bits per heavy atom. The highest BCUT2D eigenvalue weighted by Gasteiger charge is 2.59. The Labute approximate surface area is 69.2 Å². The Hall–Kier alpha value is -0.930. The lowest BCUT2D eigenvalue weighted by atomic mass is 10.1. The SMILES string of the molecule is CC1(C)C(C=C(F)F)[C@H]1OC=O. The van der Waals surface area contributed by atoms with Gasteiger partial charge in [-0.15, -0.1) is 0 Å². The number of carbonyl (C=O) groups excluding carboxylic acids is 1.